The Balaban J connectivity index is 1.72. The molecule has 3 nitrogen and oxygen atoms in total. The molecule has 2 unspecified atom stereocenters. The van der Waals surface area contributed by atoms with Crippen LogP contribution < -0.4 is 5.32 Å². The van der Waals surface area contributed by atoms with Gasteiger partial charge in [0, 0.05) is 38.8 Å². The first kappa shape index (κ1) is 11.4. The molecule has 0 bridgehead atoms. The van der Waals surface area contributed by atoms with Crippen molar-refractivity contribution in [3.63, 3.8) is 0 Å². The molecule has 0 aliphatic carbocycles. The Morgan fingerprint density at radius 2 is 1.80 bits per heavy atom. The Labute approximate surface area is 93.8 Å². The highest BCUT2D eigenvalue weighted by Crippen LogP contribution is 2.16. The molecule has 0 aromatic heterocycles. The summed E-state index contributed by atoms with van der Waals surface area (Å²) in [6.07, 6.45) is 1.36. The first-order chi connectivity index (χ1) is 7.29. The van der Waals surface area contributed by atoms with E-state index < -0.39 is 0 Å². The van der Waals surface area contributed by atoms with Crippen LogP contribution in [0, 0.1) is 5.92 Å². The molecule has 1 N–H and O–H groups in total. The molecule has 88 valence electrons. The molecular formula is C12H25N3. The van der Waals surface area contributed by atoms with Crippen molar-refractivity contribution >= 4 is 0 Å². The molecule has 2 saturated heterocycles. The molecule has 2 heterocycles. The van der Waals surface area contributed by atoms with E-state index in [4.69, 9.17) is 0 Å². The van der Waals surface area contributed by atoms with Crippen LogP contribution in [0.1, 0.15) is 20.3 Å². The van der Waals surface area contributed by atoms with Crippen LogP contribution in [0.15, 0.2) is 0 Å². The second-order valence-electron chi connectivity index (χ2n) is 5.06. The standard InChI is InChI=1S/C12H25N3/c1-3-14-6-8-15(9-7-14)10-12-11(2)4-5-13-12/h11-13H,3-10H2,1-2H3. The van der Waals surface area contributed by atoms with E-state index in [1.807, 2.05) is 0 Å². The minimum Gasteiger partial charge on any atom is -0.312 e. The van der Waals surface area contributed by atoms with E-state index in [9.17, 15) is 0 Å². The molecule has 0 saturated carbocycles. The predicted molar refractivity (Wildman–Crippen MR) is 64.1 cm³/mol. The Morgan fingerprint density at radius 1 is 1.13 bits per heavy atom. The number of hydrogen-bond donors (Lipinski definition) is 1. The average molecular weight is 211 g/mol. The molecule has 0 spiro atoms. The highest BCUT2D eigenvalue weighted by atomic mass is 15.3. The number of rotatable bonds is 3. The zero-order valence-electron chi connectivity index (χ0n) is 10.2. The summed E-state index contributed by atoms with van der Waals surface area (Å²) in [7, 11) is 0. The van der Waals surface area contributed by atoms with Gasteiger partial charge in [-0.2, -0.15) is 0 Å². The van der Waals surface area contributed by atoms with Crippen LogP contribution in [0.3, 0.4) is 0 Å². The SMILES string of the molecule is CCN1CCN(CC2NCCC2C)CC1. The van der Waals surface area contributed by atoms with Gasteiger partial charge in [0.15, 0.2) is 0 Å². The summed E-state index contributed by atoms with van der Waals surface area (Å²) in [6, 6.07) is 0.748. The van der Waals surface area contributed by atoms with E-state index in [1.54, 1.807) is 0 Å². The molecule has 0 aromatic rings. The van der Waals surface area contributed by atoms with Crippen molar-refractivity contribution in [2.75, 3.05) is 45.8 Å². The number of nitrogens with zero attached hydrogens (tertiary/aromatic N) is 2. The predicted octanol–water partition coefficient (Wildman–Crippen LogP) is 0.622. The van der Waals surface area contributed by atoms with Gasteiger partial charge in [0.2, 0.25) is 0 Å². The normalized spacial score (nSPS) is 34.8. The number of piperazine rings is 1. The summed E-state index contributed by atoms with van der Waals surface area (Å²) >= 11 is 0. The van der Waals surface area contributed by atoms with Gasteiger partial charge in [0.1, 0.15) is 0 Å². The second-order valence-corrected chi connectivity index (χ2v) is 5.06. The molecule has 0 aromatic carbocycles. The molecule has 15 heavy (non-hydrogen) atoms. The zero-order chi connectivity index (χ0) is 10.7. The van der Waals surface area contributed by atoms with Gasteiger partial charge in [-0.25, -0.2) is 0 Å². The molecule has 2 fully saturated rings. The van der Waals surface area contributed by atoms with Crippen molar-refractivity contribution in [3.05, 3.63) is 0 Å². The van der Waals surface area contributed by atoms with Crippen molar-refractivity contribution in [1.82, 2.24) is 15.1 Å². The monoisotopic (exact) mass is 211 g/mol. The first-order valence-electron chi connectivity index (χ1n) is 6.47. The third-order valence-corrected chi connectivity index (χ3v) is 4.06. The molecular weight excluding hydrogens is 186 g/mol. The van der Waals surface area contributed by atoms with Gasteiger partial charge in [-0.15, -0.1) is 0 Å². The van der Waals surface area contributed by atoms with E-state index in [1.165, 1.54) is 52.2 Å². The highest BCUT2D eigenvalue weighted by Gasteiger charge is 2.26. The minimum atomic E-state index is 0.748. The average Bonchev–Trinajstić information content (AvgIpc) is 2.66. The Bertz CT molecular complexity index is 187. The lowest BCUT2D eigenvalue weighted by Crippen LogP contribution is -2.50. The quantitative estimate of drug-likeness (QED) is 0.738. The summed E-state index contributed by atoms with van der Waals surface area (Å²) < 4.78 is 0. The molecule has 2 aliphatic heterocycles. The van der Waals surface area contributed by atoms with Gasteiger partial charge in [0.05, 0.1) is 0 Å². The van der Waals surface area contributed by atoms with Gasteiger partial charge >= 0.3 is 0 Å². The van der Waals surface area contributed by atoms with Gasteiger partial charge in [0.25, 0.3) is 0 Å². The maximum absolute atomic E-state index is 3.62. The number of likely N-dealkylation sites (N-methyl/N-ethyl adjacent to an activating group) is 1. The van der Waals surface area contributed by atoms with E-state index in [0.29, 0.717) is 0 Å². The Hall–Kier alpha value is -0.120. The number of hydrogen-bond acceptors (Lipinski definition) is 3. The highest BCUT2D eigenvalue weighted by molar-refractivity contribution is 4.85. The van der Waals surface area contributed by atoms with Crippen LogP contribution in [-0.2, 0) is 0 Å². The van der Waals surface area contributed by atoms with Crippen LogP contribution >= 0.6 is 0 Å². The molecule has 2 atom stereocenters. The first-order valence-corrected chi connectivity index (χ1v) is 6.47. The van der Waals surface area contributed by atoms with Crippen LogP contribution in [0.5, 0.6) is 0 Å². The second kappa shape index (κ2) is 5.28. The van der Waals surface area contributed by atoms with Crippen LogP contribution in [-0.4, -0.2) is 61.7 Å². The number of nitrogens with one attached hydrogen (secondary N) is 1. The summed E-state index contributed by atoms with van der Waals surface area (Å²) in [4.78, 5) is 5.17. The Morgan fingerprint density at radius 3 is 2.33 bits per heavy atom. The van der Waals surface area contributed by atoms with Crippen molar-refractivity contribution in [2.45, 2.75) is 26.3 Å². The summed E-state index contributed by atoms with van der Waals surface area (Å²) in [5, 5.41) is 3.62. The summed E-state index contributed by atoms with van der Waals surface area (Å²) in [6.45, 7) is 13.4. The smallest absolute Gasteiger partial charge is 0.0221 e. The molecule has 2 rings (SSSR count). The zero-order valence-corrected chi connectivity index (χ0v) is 10.2. The summed E-state index contributed by atoms with van der Waals surface area (Å²) in [5.74, 6) is 0.870. The van der Waals surface area contributed by atoms with E-state index >= 15 is 0 Å². The van der Waals surface area contributed by atoms with E-state index in [2.05, 4.69) is 29.0 Å². The maximum Gasteiger partial charge on any atom is 0.0221 e. The third-order valence-electron chi connectivity index (χ3n) is 4.06. The van der Waals surface area contributed by atoms with E-state index in [0.717, 1.165) is 12.0 Å². The van der Waals surface area contributed by atoms with Crippen LogP contribution in [0.2, 0.25) is 0 Å². The van der Waals surface area contributed by atoms with Crippen LogP contribution in [0.25, 0.3) is 0 Å². The van der Waals surface area contributed by atoms with Crippen molar-refractivity contribution in [1.29, 1.82) is 0 Å². The van der Waals surface area contributed by atoms with Gasteiger partial charge in [-0.3, -0.25) is 4.90 Å². The van der Waals surface area contributed by atoms with Gasteiger partial charge < -0.3 is 10.2 Å². The van der Waals surface area contributed by atoms with Gasteiger partial charge in [-0.05, 0) is 25.4 Å². The van der Waals surface area contributed by atoms with Crippen LogP contribution in [0.4, 0.5) is 0 Å². The fourth-order valence-electron chi connectivity index (χ4n) is 2.71. The van der Waals surface area contributed by atoms with E-state index in [-0.39, 0.29) is 0 Å². The fourth-order valence-corrected chi connectivity index (χ4v) is 2.71. The lowest BCUT2D eigenvalue weighted by Gasteiger charge is -2.36. The third kappa shape index (κ3) is 2.92. The minimum absolute atomic E-state index is 0.748. The topological polar surface area (TPSA) is 18.5 Å². The summed E-state index contributed by atoms with van der Waals surface area (Å²) in [5.41, 5.74) is 0. The Kier molecular flexibility index (Phi) is 4.00. The molecule has 3 heteroatoms. The molecule has 2 aliphatic rings. The lowest BCUT2D eigenvalue weighted by atomic mass is 10.0. The van der Waals surface area contributed by atoms with Crippen molar-refractivity contribution < 1.29 is 0 Å². The van der Waals surface area contributed by atoms with Crippen molar-refractivity contribution in [3.8, 4) is 0 Å². The fraction of sp³-hybridized carbons (Fsp3) is 1.00. The van der Waals surface area contributed by atoms with Crippen molar-refractivity contribution in [2.24, 2.45) is 5.92 Å². The molecule has 0 amide bonds. The van der Waals surface area contributed by atoms with Gasteiger partial charge in [-0.1, -0.05) is 13.8 Å². The molecule has 0 radical (unpaired) electrons. The largest absolute Gasteiger partial charge is 0.312 e. The maximum atomic E-state index is 3.62. The lowest BCUT2D eigenvalue weighted by molar-refractivity contribution is 0.125.